The number of hydrogen-bond acceptors (Lipinski definition) is 5. The summed E-state index contributed by atoms with van der Waals surface area (Å²) in [7, 11) is 0. The first kappa shape index (κ1) is 26.7. The van der Waals surface area contributed by atoms with Crippen LogP contribution in [-0.4, -0.2) is 41.5 Å². The summed E-state index contributed by atoms with van der Waals surface area (Å²) in [5.41, 5.74) is 4.96. The van der Waals surface area contributed by atoms with Gasteiger partial charge in [0.2, 0.25) is 0 Å². The number of benzene rings is 3. The SMILES string of the molecule is CC(C)(C)OC(=O)Nc1ccccc1CC[C@H](NC(=O)OCC1c2ccccc2-c2ccccc21)C(=O)O. The first-order valence-corrected chi connectivity index (χ1v) is 12.5. The van der Waals surface area contributed by atoms with E-state index in [-0.39, 0.29) is 18.9 Å². The van der Waals surface area contributed by atoms with Gasteiger partial charge in [-0.15, -0.1) is 0 Å². The fraction of sp³-hybridized carbons (Fsp3) is 0.300. The first-order chi connectivity index (χ1) is 18.1. The summed E-state index contributed by atoms with van der Waals surface area (Å²) in [6.45, 7) is 5.40. The van der Waals surface area contributed by atoms with Gasteiger partial charge in [-0.3, -0.25) is 5.32 Å². The number of alkyl carbamates (subject to hydrolysis) is 1. The molecule has 3 aromatic carbocycles. The van der Waals surface area contributed by atoms with Crippen molar-refractivity contribution in [1.29, 1.82) is 0 Å². The Balaban J connectivity index is 1.36. The number of carbonyl (C=O) groups excluding carboxylic acids is 2. The summed E-state index contributed by atoms with van der Waals surface area (Å²) in [4.78, 5) is 36.7. The topological polar surface area (TPSA) is 114 Å². The number of hydrogen-bond donors (Lipinski definition) is 3. The summed E-state index contributed by atoms with van der Waals surface area (Å²) >= 11 is 0. The normalized spacial score (nSPS) is 13.1. The Bertz CT molecular complexity index is 1280. The number of fused-ring (bicyclic) bond motifs is 3. The van der Waals surface area contributed by atoms with Crippen molar-refractivity contribution in [3.8, 4) is 11.1 Å². The van der Waals surface area contributed by atoms with Gasteiger partial charge in [-0.05, 0) is 67.5 Å². The summed E-state index contributed by atoms with van der Waals surface area (Å²) in [6, 6.07) is 21.9. The molecule has 0 heterocycles. The predicted octanol–water partition coefficient (Wildman–Crippen LogP) is 5.96. The van der Waals surface area contributed by atoms with Crippen LogP contribution in [-0.2, 0) is 20.7 Å². The molecule has 0 spiro atoms. The highest BCUT2D eigenvalue weighted by Crippen LogP contribution is 2.44. The Hall–Kier alpha value is -4.33. The standard InChI is InChI=1S/C30H32N2O6/c1-30(2,3)38-29(36)31-25-15-9-4-10-19(25)16-17-26(27(33)34)32-28(35)37-18-24-22-13-7-5-11-20(22)21-12-6-8-14-23(21)24/h4-15,24,26H,16-18H2,1-3H3,(H,31,36)(H,32,35)(H,33,34)/t26-/m0/s1. The number of carbonyl (C=O) groups is 3. The van der Waals surface area contributed by atoms with Gasteiger partial charge in [-0.1, -0.05) is 66.7 Å². The fourth-order valence-electron chi connectivity index (χ4n) is 4.61. The zero-order valence-electron chi connectivity index (χ0n) is 21.7. The maximum absolute atomic E-state index is 12.6. The van der Waals surface area contributed by atoms with Gasteiger partial charge in [0.05, 0.1) is 0 Å². The Labute approximate surface area is 222 Å². The minimum atomic E-state index is -1.17. The van der Waals surface area contributed by atoms with E-state index in [0.717, 1.165) is 27.8 Å². The Morgan fingerprint density at radius 3 is 2.05 bits per heavy atom. The molecule has 0 radical (unpaired) electrons. The molecule has 1 atom stereocenters. The van der Waals surface area contributed by atoms with Gasteiger partial charge >= 0.3 is 18.2 Å². The van der Waals surface area contributed by atoms with Crippen molar-refractivity contribution in [2.45, 2.75) is 51.2 Å². The molecule has 0 unspecified atom stereocenters. The maximum Gasteiger partial charge on any atom is 0.412 e. The van der Waals surface area contributed by atoms with Crippen LogP contribution in [0.25, 0.3) is 11.1 Å². The van der Waals surface area contributed by atoms with Crippen molar-refractivity contribution in [2.75, 3.05) is 11.9 Å². The molecule has 0 saturated heterocycles. The van der Waals surface area contributed by atoms with Crippen molar-refractivity contribution in [2.24, 2.45) is 0 Å². The second-order valence-electron chi connectivity index (χ2n) is 10.2. The van der Waals surface area contributed by atoms with Crippen molar-refractivity contribution in [1.82, 2.24) is 5.32 Å². The molecule has 1 aliphatic carbocycles. The second-order valence-corrected chi connectivity index (χ2v) is 10.2. The number of carboxylic acid groups (broad SMARTS) is 1. The van der Waals surface area contributed by atoms with E-state index in [0.29, 0.717) is 12.1 Å². The van der Waals surface area contributed by atoms with Crippen molar-refractivity contribution in [3.05, 3.63) is 89.5 Å². The molecule has 0 fully saturated rings. The number of anilines is 1. The number of rotatable bonds is 8. The zero-order valence-corrected chi connectivity index (χ0v) is 21.7. The molecule has 3 aromatic rings. The summed E-state index contributed by atoms with van der Waals surface area (Å²) in [5, 5.41) is 14.9. The van der Waals surface area contributed by atoms with Crippen molar-refractivity contribution < 1.29 is 29.0 Å². The molecule has 198 valence electrons. The minimum absolute atomic E-state index is 0.0921. The minimum Gasteiger partial charge on any atom is -0.480 e. The number of para-hydroxylation sites is 1. The van der Waals surface area contributed by atoms with Crippen LogP contribution in [0.3, 0.4) is 0 Å². The van der Waals surface area contributed by atoms with Gasteiger partial charge in [0.1, 0.15) is 18.2 Å². The first-order valence-electron chi connectivity index (χ1n) is 12.5. The molecule has 8 nitrogen and oxygen atoms in total. The molecule has 0 saturated carbocycles. The average molecular weight is 517 g/mol. The Kier molecular flexibility index (Phi) is 8.00. The van der Waals surface area contributed by atoms with Crippen LogP contribution in [0.1, 0.15) is 49.8 Å². The predicted molar refractivity (Wildman–Crippen MR) is 144 cm³/mol. The van der Waals surface area contributed by atoms with E-state index in [4.69, 9.17) is 9.47 Å². The summed E-state index contributed by atoms with van der Waals surface area (Å²) in [5.74, 6) is -1.29. The quantitative estimate of drug-likeness (QED) is 0.341. The molecule has 0 aliphatic heterocycles. The van der Waals surface area contributed by atoms with Crippen LogP contribution in [0.4, 0.5) is 15.3 Å². The highest BCUT2D eigenvalue weighted by atomic mass is 16.6. The molecule has 38 heavy (non-hydrogen) atoms. The van der Waals surface area contributed by atoms with E-state index in [1.807, 2.05) is 48.5 Å². The van der Waals surface area contributed by atoms with Crippen molar-refractivity contribution in [3.63, 3.8) is 0 Å². The van der Waals surface area contributed by atoms with E-state index >= 15 is 0 Å². The van der Waals surface area contributed by atoms with Crippen LogP contribution < -0.4 is 10.6 Å². The van der Waals surface area contributed by atoms with Gasteiger partial charge in [0.15, 0.2) is 0 Å². The summed E-state index contributed by atoms with van der Waals surface area (Å²) < 4.78 is 10.8. The Morgan fingerprint density at radius 2 is 1.45 bits per heavy atom. The molecule has 0 bridgehead atoms. The monoisotopic (exact) mass is 516 g/mol. The summed E-state index contributed by atoms with van der Waals surface area (Å²) in [6.07, 6.45) is -0.991. The van der Waals surface area contributed by atoms with Crippen LogP contribution in [0.15, 0.2) is 72.8 Å². The smallest absolute Gasteiger partial charge is 0.412 e. The van der Waals surface area contributed by atoms with Crippen LogP contribution in [0, 0.1) is 0 Å². The third-order valence-corrected chi connectivity index (χ3v) is 6.29. The third-order valence-electron chi connectivity index (χ3n) is 6.29. The lowest BCUT2D eigenvalue weighted by atomic mass is 9.98. The van der Waals surface area contributed by atoms with Gasteiger partial charge < -0.3 is 19.9 Å². The number of nitrogens with one attached hydrogen (secondary N) is 2. The Morgan fingerprint density at radius 1 is 0.868 bits per heavy atom. The lowest BCUT2D eigenvalue weighted by molar-refractivity contribution is -0.139. The van der Waals surface area contributed by atoms with Gasteiger partial charge in [-0.2, -0.15) is 0 Å². The molecule has 8 heteroatoms. The van der Waals surface area contributed by atoms with Gasteiger partial charge in [-0.25, -0.2) is 14.4 Å². The van der Waals surface area contributed by atoms with Crippen LogP contribution >= 0.6 is 0 Å². The average Bonchev–Trinajstić information content (AvgIpc) is 3.18. The fourth-order valence-corrected chi connectivity index (χ4v) is 4.61. The molecule has 4 rings (SSSR count). The van der Waals surface area contributed by atoms with Gasteiger partial charge in [0, 0.05) is 11.6 Å². The molecular formula is C30H32N2O6. The highest BCUT2D eigenvalue weighted by Gasteiger charge is 2.30. The van der Waals surface area contributed by atoms with E-state index < -0.39 is 29.8 Å². The van der Waals surface area contributed by atoms with Crippen molar-refractivity contribution >= 4 is 23.8 Å². The largest absolute Gasteiger partial charge is 0.480 e. The molecule has 1 aliphatic rings. The second kappa shape index (κ2) is 11.4. The lowest BCUT2D eigenvalue weighted by Gasteiger charge is -2.21. The highest BCUT2D eigenvalue weighted by molar-refractivity contribution is 5.86. The molecular weight excluding hydrogens is 484 g/mol. The van der Waals surface area contributed by atoms with Crippen LogP contribution in [0.5, 0.6) is 0 Å². The maximum atomic E-state index is 12.6. The third kappa shape index (κ3) is 6.51. The number of aryl methyl sites for hydroxylation is 1. The zero-order chi connectivity index (χ0) is 27.3. The van der Waals surface area contributed by atoms with E-state index in [2.05, 4.69) is 10.6 Å². The van der Waals surface area contributed by atoms with E-state index in [1.54, 1.807) is 45.0 Å². The van der Waals surface area contributed by atoms with E-state index in [1.165, 1.54) is 0 Å². The number of ether oxygens (including phenoxy) is 2. The van der Waals surface area contributed by atoms with Gasteiger partial charge in [0.25, 0.3) is 0 Å². The molecule has 0 aromatic heterocycles. The van der Waals surface area contributed by atoms with E-state index in [9.17, 15) is 19.5 Å². The lowest BCUT2D eigenvalue weighted by Crippen LogP contribution is -2.41. The number of aliphatic carboxylic acids is 1. The molecule has 2 amide bonds. The number of amides is 2. The van der Waals surface area contributed by atoms with Crippen LogP contribution in [0.2, 0.25) is 0 Å². The molecule has 3 N–H and O–H groups in total. The number of carboxylic acids is 1.